The summed E-state index contributed by atoms with van der Waals surface area (Å²) in [4.78, 5) is 23.2. The number of aromatic nitrogens is 3. The molecule has 0 aliphatic heterocycles. The summed E-state index contributed by atoms with van der Waals surface area (Å²) in [6, 6.07) is 4.96. The predicted molar refractivity (Wildman–Crippen MR) is 59.2 cm³/mol. The number of carbonyl (C=O) groups excluding carboxylic acids is 1. The van der Waals surface area contributed by atoms with Crippen LogP contribution in [0.25, 0.3) is 0 Å². The third-order valence-electron chi connectivity index (χ3n) is 1.75. The van der Waals surface area contributed by atoms with Gasteiger partial charge in [0.05, 0.1) is 6.20 Å². The number of halogens is 1. The fourth-order valence-corrected chi connectivity index (χ4v) is 1.24. The molecule has 1 amide bonds. The molecule has 2 aromatic heterocycles. The van der Waals surface area contributed by atoms with Gasteiger partial charge in [-0.2, -0.15) is 0 Å². The normalized spacial score (nSPS) is 9.81. The van der Waals surface area contributed by atoms with E-state index in [-0.39, 0.29) is 11.6 Å². The summed E-state index contributed by atoms with van der Waals surface area (Å²) in [6.07, 6.45) is 4.31. The summed E-state index contributed by atoms with van der Waals surface area (Å²) in [5.41, 5.74) is 0.226. The van der Waals surface area contributed by atoms with Crippen LogP contribution in [0.15, 0.2) is 36.8 Å². The van der Waals surface area contributed by atoms with Crippen LogP contribution in [0.1, 0.15) is 10.5 Å². The molecule has 0 saturated heterocycles. The van der Waals surface area contributed by atoms with Gasteiger partial charge in [-0.25, -0.2) is 9.97 Å². The van der Waals surface area contributed by atoms with Crippen molar-refractivity contribution in [3.63, 3.8) is 0 Å². The van der Waals surface area contributed by atoms with E-state index in [1.807, 2.05) is 0 Å². The van der Waals surface area contributed by atoms with Crippen LogP contribution in [-0.2, 0) is 0 Å². The molecule has 0 aliphatic rings. The van der Waals surface area contributed by atoms with E-state index in [1.54, 1.807) is 18.2 Å². The maximum absolute atomic E-state index is 11.6. The van der Waals surface area contributed by atoms with Crippen LogP contribution in [0.4, 0.5) is 5.82 Å². The second kappa shape index (κ2) is 4.67. The lowest BCUT2D eigenvalue weighted by molar-refractivity contribution is 0.102. The summed E-state index contributed by atoms with van der Waals surface area (Å²) in [7, 11) is 0. The molecular formula is C10H7ClN4O. The van der Waals surface area contributed by atoms with E-state index in [0.29, 0.717) is 11.0 Å². The average molecular weight is 235 g/mol. The van der Waals surface area contributed by atoms with Crippen molar-refractivity contribution >= 4 is 23.3 Å². The summed E-state index contributed by atoms with van der Waals surface area (Å²) < 4.78 is 0. The first-order chi connectivity index (χ1) is 7.75. The Morgan fingerprint density at radius 2 is 2.19 bits per heavy atom. The van der Waals surface area contributed by atoms with Crippen LogP contribution >= 0.6 is 11.6 Å². The van der Waals surface area contributed by atoms with Gasteiger partial charge in [0.2, 0.25) is 0 Å². The zero-order valence-electron chi connectivity index (χ0n) is 8.09. The highest BCUT2D eigenvalue weighted by atomic mass is 35.5. The minimum absolute atomic E-state index is 0.226. The van der Waals surface area contributed by atoms with Crippen molar-refractivity contribution in [2.45, 2.75) is 0 Å². The fraction of sp³-hybridized carbons (Fsp3) is 0. The van der Waals surface area contributed by atoms with Gasteiger partial charge in [-0.15, -0.1) is 0 Å². The topological polar surface area (TPSA) is 67.8 Å². The van der Waals surface area contributed by atoms with Gasteiger partial charge < -0.3 is 5.32 Å². The number of nitrogens with zero attached hydrogens (tertiary/aromatic N) is 3. The number of pyridine rings is 1. The number of amides is 1. The van der Waals surface area contributed by atoms with Gasteiger partial charge >= 0.3 is 0 Å². The van der Waals surface area contributed by atoms with E-state index in [1.165, 1.54) is 18.6 Å². The first-order valence-corrected chi connectivity index (χ1v) is 4.83. The zero-order chi connectivity index (χ0) is 11.4. The first kappa shape index (κ1) is 10.5. The monoisotopic (exact) mass is 234 g/mol. The standard InChI is InChI=1S/C10H7ClN4O/c11-8-2-1-3-9(14-8)15-10(16)7-6-12-4-5-13-7/h1-6H,(H,14,15,16). The van der Waals surface area contributed by atoms with Crippen molar-refractivity contribution < 1.29 is 4.79 Å². The van der Waals surface area contributed by atoms with Gasteiger partial charge in [-0.3, -0.25) is 9.78 Å². The average Bonchev–Trinajstić information content (AvgIpc) is 2.30. The van der Waals surface area contributed by atoms with Crippen LogP contribution in [0.2, 0.25) is 5.15 Å². The molecule has 1 N–H and O–H groups in total. The van der Waals surface area contributed by atoms with Crippen molar-refractivity contribution in [3.8, 4) is 0 Å². The molecule has 5 nitrogen and oxygen atoms in total. The Hall–Kier alpha value is -2.01. The molecule has 16 heavy (non-hydrogen) atoms. The van der Waals surface area contributed by atoms with Crippen molar-refractivity contribution in [2.24, 2.45) is 0 Å². The highest BCUT2D eigenvalue weighted by Gasteiger charge is 2.07. The third kappa shape index (κ3) is 2.52. The van der Waals surface area contributed by atoms with Crippen molar-refractivity contribution in [2.75, 3.05) is 5.32 Å². The smallest absolute Gasteiger partial charge is 0.277 e. The number of carbonyl (C=O) groups is 1. The van der Waals surface area contributed by atoms with Crippen LogP contribution in [0.5, 0.6) is 0 Å². The molecular weight excluding hydrogens is 228 g/mol. The second-order valence-corrected chi connectivity index (χ2v) is 3.28. The summed E-state index contributed by atoms with van der Waals surface area (Å²) in [6.45, 7) is 0. The maximum Gasteiger partial charge on any atom is 0.277 e. The maximum atomic E-state index is 11.6. The number of anilines is 1. The van der Waals surface area contributed by atoms with Crippen molar-refractivity contribution in [3.05, 3.63) is 47.6 Å². The molecule has 2 aromatic rings. The van der Waals surface area contributed by atoms with E-state index < -0.39 is 0 Å². The molecule has 0 atom stereocenters. The van der Waals surface area contributed by atoms with Crippen LogP contribution < -0.4 is 5.32 Å². The van der Waals surface area contributed by atoms with Crippen molar-refractivity contribution in [1.29, 1.82) is 0 Å². The molecule has 80 valence electrons. The Morgan fingerprint density at radius 1 is 1.31 bits per heavy atom. The highest BCUT2D eigenvalue weighted by molar-refractivity contribution is 6.29. The van der Waals surface area contributed by atoms with Crippen molar-refractivity contribution in [1.82, 2.24) is 15.0 Å². The first-order valence-electron chi connectivity index (χ1n) is 4.45. The summed E-state index contributed by atoms with van der Waals surface area (Å²) in [5.74, 6) is 0.00557. The predicted octanol–water partition coefficient (Wildman–Crippen LogP) is 1.78. The fourth-order valence-electron chi connectivity index (χ4n) is 1.07. The molecule has 0 saturated carbocycles. The van der Waals surface area contributed by atoms with Crippen LogP contribution in [0, 0.1) is 0 Å². The van der Waals surface area contributed by atoms with E-state index in [4.69, 9.17) is 11.6 Å². The quantitative estimate of drug-likeness (QED) is 0.805. The Balaban J connectivity index is 2.14. The number of nitrogens with one attached hydrogen (secondary N) is 1. The lowest BCUT2D eigenvalue weighted by Crippen LogP contribution is -2.14. The Morgan fingerprint density at radius 3 is 2.88 bits per heavy atom. The SMILES string of the molecule is O=C(Nc1cccc(Cl)n1)c1cnccn1. The van der Waals surface area contributed by atoms with Crippen LogP contribution in [-0.4, -0.2) is 20.9 Å². The van der Waals surface area contributed by atoms with Gasteiger partial charge in [0, 0.05) is 12.4 Å². The molecule has 0 aliphatic carbocycles. The molecule has 6 heteroatoms. The van der Waals surface area contributed by atoms with Gasteiger partial charge in [0.15, 0.2) is 0 Å². The Bertz CT molecular complexity index is 503. The molecule has 0 bridgehead atoms. The zero-order valence-corrected chi connectivity index (χ0v) is 8.85. The second-order valence-electron chi connectivity index (χ2n) is 2.89. The summed E-state index contributed by atoms with van der Waals surface area (Å²) in [5, 5.41) is 2.88. The molecule has 0 aromatic carbocycles. The minimum atomic E-state index is -0.372. The molecule has 2 heterocycles. The van der Waals surface area contributed by atoms with Gasteiger partial charge in [-0.05, 0) is 12.1 Å². The van der Waals surface area contributed by atoms with Gasteiger partial charge in [0.25, 0.3) is 5.91 Å². The van der Waals surface area contributed by atoms with E-state index in [2.05, 4.69) is 20.3 Å². The highest BCUT2D eigenvalue weighted by Crippen LogP contribution is 2.09. The van der Waals surface area contributed by atoms with E-state index in [0.717, 1.165) is 0 Å². The summed E-state index contributed by atoms with van der Waals surface area (Å²) >= 11 is 5.68. The van der Waals surface area contributed by atoms with E-state index >= 15 is 0 Å². The van der Waals surface area contributed by atoms with Gasteiger partial charge in [-0.1, -0.05) is 17.7 Å². The Kier molecular flexibility index (Phi) is 3.07. The molecule has 0 unspecified atom stereocenters. The number of rotatable bonds is 2. The Labute approximate surface area is 96.5 Å². The molecule has 0 radical (unpaired) electrons. The molecule has 0 fully saturated rings. The minimum Gasteiger partial charge on any atom is -0.305 e. The lowest BCUT2D eigenvalue weighted by atomic mass is 10.4. The molecule has 2 rings (SSSR count). The third-order valence-corrected chi connectivity index (χ3v) is 1.96. The largest absolute Gasteiger partial charge is 0.305 e. The van der Waals surface area contributed by atoms with E-state index in [9.17, 15) is 4.79 Å². The molecule has 0 spiro atoms. The number of hydrogen-bond acceptors (Lipinski definition) is 4. The van der Waals surface area contributed by atoms with Crippen LogP contribution in [0.3, 0.4) is 0 Å². The van der Waals surface area contributed by atoms with Gasteiger partial charge in [0.1, 0.15) is 16.7 Å². The lowest BCUT2D eigenvalue weighted by Gasteiger charge is -2.02. The number of hydrogen-bond donors (Lipinski definition) is 1.